The standard InChI is InChI=1S/C25H26ClN5O4S/c1-17-4-2-10-31-23(17)28-24-20(25(31)32)16-21(36(33,34)19-7-5-18(26)6-8-19)22(27)30(24)11-3-9-29-12-14-35-15-13-29/h2,4-8,10,16,27H,3,9,11-15H2,1H3/p+1. The summed E-state index contributed by atoms with van der Waals surface area (Å²) < 4.78 is 35.8. The third-order valence-electron chi connectivity index (χ3n) is 6.51. The lowest BCUT2D eigenvalue weighted by molar-refractivity contribution is -0.660. The zero-order chi connectivity index (χ0) is 25.4. The number of aryl methyl sites for hydroxylation is 2. The van der Waals surface area contributed by atoms with Crippen LogP contribution in [0.2, 0.25) is 5.02 Å². The van der Waals surface area contributed by atoms with Gasteiger partial charge in [-0.3, -0.25) is 14.1 Å². The van der Waals surface area contributed by atoms with Crippen LogP contribution in [0.1, 0.15) is 12.0 Å². The summed E-state index contributed by atoms with van der Waals surface area (Å²) in [6.07, 6.45) is 2.33. The highest BCUT2D eigenvalue weighted by Gasteiger charge is 2.29. The maximum atomic E-state index is 13.6. The molecule has 9 nitrogen and oxygen atoms in total. The molecule has 0 radical (unpaired) electrons. The number of aromatic nitrogens is 3. The zero-order valence-corrected chi connectivity index (χ0v) is 21.4. The molecule has 1 saturated heterocycles. The monoisotopic (exact) mass is 528 g/mol. The molecule has 0 atom stereocenters. The lowest BCUT2D eigenvalue weighted by atomic mass is 10.2. The predicted octanol–water partition coefficient (Wildman–Crippen LogP) is 2.23. The van der Waals surface area contributed by atoms with E-state index < -0.39 is 9.84 Å². The number of nitrogens with zero attached hydrogens (tertiary/aromatic N) is 4. The van der Waals surface area contributed by atoms with Crippen molar-refractivity contribution in [2.45, 2.75) is 29.7 Å². The van der Waals surface area contributed by atoms with Gasteiger partial charge < -0.3 is 10.5 Å². The van der Waals surface area contributed by atoms with E-state index in [1.165, 1.54) is 34.7 Å². The van der Waals surface area contributed by atoms with E-state index in [2.05, 4.69) is 4.90 Å². The van der Waals surface area contributed by atoms with Crippen molar-refractivity contribution >= 4 is 43.9 Å². The van der Waals surface area contributed by atoms with Crippen LogP contribution < -0.4 is 15.9 Å². The molecule has 1 aromatic carbocycles. The molecule has 2 N–H and O–H groups in total. The van der Waals surface area contributed by atoms with Gasteiger partial charge in [0.05, 0.1) is 24.7 Å². The largest absolute Gasteiger partial charge is 0.379 e. The molecule has 1 aliphatic heterocycles. The summed E-state index contributed by atoms with van der Waals surface area (Å²) in [5.74, 6) is 0.0456. The third kappa shape index (κ3) is 4.45. The van der Waals surface area contributed by atoms with Gasteiger partial charge in [-0.1, -0.05) is 22.7 Å². The highest BCUT2D eigenvalue weighted by atomic mass is 35.5. The lowest BCUT2D eigenvalue weighted by Gasteiger charge is -2.26. The summed E-state index contributed by atoms with van der Waals surface area (Å²) in [4.78, 5) is 20.5. The van der Waals surface area contributed by atoms with Gasteiger partial charge in [0.1, 0.15) is 10.3 Å². The fourth-order valence-electron chi connectivity index (χ4n) is 4.54. The number of hydrogen-bond acceptors (Lipinski definition) is 7. The van der Waals surface area contributed by atoms with Crippen molar-refractivity contribution in [3.05, 3.63) is 69.6 Å². The minimum atomic E-state index is -4.03. The van der Waals surface area contributed by atoms with E-state index >= 15 is 0 Å². The topological polar surface area (TPSA) is 111 Å². The number of benzene rings is 1. The van der Waals surface area contributed by atoms with Crippen LogP contribution in [0.3, 0.4) is 0 Å². The van der Waals surface area contributed by atoms with Crippen LogP contribution in [-0.2, 0) is 21.1 Å². The molecule has 3 aromatic heterocycles. The Morgan fingerprint density at radius 1 is 1.17 bits per heavy atom. The molecule has 1 aliphatic rings. The number of nitrogens with two attached hydrogens (primary N) is 1. The second-order valence-electron chi connectivity index (χ2n) is 8.85. The van der Waals surface area contributed by atoms with Crippen LogP contribution in [0.4, 0.5) is 5.82 Å². The molecule has 0 spiro atoms. The number of ether oxygens (including phenoxy) is 1. The molecule has 5 rings (SSSR count). The third-order valence-corrected chi connectivity index (χ3v) is 8.56. The molecule has 0 saturated carbocycles. The minimum absolute atomic E-state index is 0.0440. The number of halogens is 1. The average Bonchev–Trinajstić information content (AvgIpc) is 2.87. The molecule has 4 heterocycles. The van der Waals surface area contributed by atoms with Gasteiger partial charge in [0.25, 0.3) is 11.2 Å². The molecule has 36 heavy (non-hydrogen) atoms. The van der Waals surface area contributed by atoms with Gasteiger partial charge in [0.2, 0.25) is 21.3 Å². The number of nitrogen functional groups attached to an aromatic ring is 1. The number of rotatable bonds is 6. The summed E-state index contributed by atoms with van der Waals surface area (Å²) >= 11 is 5.96. The maximum absolute atomic E-state index is 13.6. The van der Waals surface area contributed by atoms with Crippen LogP contribution in [0, 0.1) is 6.92 Å². The Labute approximate surface area is 213 Å². The minimum Gasteiger partial charge on any atom is -0.379 e. The second kappa shape index (κ2) is 9.78. The number of pyridine rings is 2. The van der Waals surface area contributed by atoms with E-state index in [0.29, 0.717) is 42.5 Å². The lowest BCUT2D eigenvalue weighted by Crippen LogP contribution is -2.44. The van der Waals surface area contributed by atoms with Crippen molar-refractivity contribution in [3.63, 3.8) is 0 Å². The van der Waals surface area contributed by atoms with E-state index in [1.807, 2.05) is 13.0 Å². The molecule has 0 aliphatic carbocycles. The van der Waals surface area contributed by atoms with Gasteiger partial charge in [0, 0.05) is 36.4 Å². The number of anilines is 1. The fraction of sp³-hybridized carbons (Fsp3) is 0.320. The fourth-order valence-corrected chi connectivity index (χ4v) is 6.08. The molecular formula is C25H27ClN5O4S+. The van der Waals surface area contributed by atoms with E-state index in [0.717, 1.165) is 25.2 Å². The quantitative estimate of drug-likeness (QED) is 0.302. The molecule has 4 aromatic rings. The van der Waals surface area contributed by atoms with Crippen molar-refractivity contribution in [2.75, 3.05) is 38.6 Å². The van der Waals surface area contributed by atoms with Crippen LogP contribution in [-0.4, -0.2) is 55.6 Å². The highest BCUT2D eigenvalue weighted by molar-refractivity contribution is 7.91. The van der Waals surface area contributed by atoms with Crippen molar-refractivity contribution in [2.24, 2.45) is 0 Å². The Balaban J connectivity index is 1.69. The number of fused-ring (bicyclic) bond motifs is 2. The summed E-state index contributed by atoms with van der Waals surface area (Å²) in [6.45, 7) is 6.13. The first-order valence-electron chi connectivity index (χ1n) is 11.7. The maximum Gasteiger partial charge on any atom is 0.278 e. The van der Waals surface area contributed by atoms with Crippen LogP contribution in [0.5, 0.6) is 0 Å². The Hall–Kier alpha value is -3.05. The van der Waals surface area contributed by atoms with Gasteiger partial charge in [-0.2, -0.15) is 0 Å². The smallest absolute Gasteiger partial charge is 0.278 e. The van der Waals surface area contributed by atoms with Crippen molar-refractivity contribution in [1.29, 1.82) is 0 Å². The van der Waals surface area contributed by atoms with Crippen LogP contribution in [0.25, 0.3) is 16.7 Å². The normalized spacial score (nSPS) is 15.1. The molecule has 1 fully saturated rings. The van der Waals surface area contributed by atoms with E-state index in [9.17, 15) is 13.2 Å². The van der Waals surface area contributed by atoms with Gasteiger partial charge in [-0.15, -0.1) is 0 Å². The number of morpholine rings is 1. The first-order valence-corrected chi connectivity index (χ1v) is 13.6. The average molecular weight is 529 g/mol. The first-order chi connectivity index (χ1) is 17.3. The van der Waals surface area contributed by atoms with E-state index in [-0.39, 0.29) is 26.6 Å². The van der Waals surface area contributed by atoms with Crippen molar-refractivity contribution in [3.8, 4) is 0 Å². The summed E-state index contributed by atoms with van der Waals surface area (Å²) in [6, 6.07) is 10.9. The van der Waals surface area contributed by atoms with Gasteiger partial charge in [-0.25, -0.2) is 13.0 Å². The van der Waals surface area contributed by atoms with E-state index in [1.54, 1.807) is 16.8 Å². The van der Waals surface area contributed by atoms with Gasteiger partial charge >= 0.3 is 0 Å². The number of sulfone groups is 1. The van der Waals surface area contributed by atoms with Gasteiger partial charge in [0.15, 0.2) is 0 Å². The molecule has 0 amide bonds. The summed E-state index contributed by atoms with van der Waals surface area (Å²) in [7, 11) is -4.03. The molecular weight excluding hydrogens is 502 g/mol. The Morgan fingerprint density at radius 3 is 2.61 bits per heavy atom. The van der Waals surface area contributed by atoms with E-state index in [4.69, 9.17) is 27.1 Å². The predicted molar refractivity (Wildman–Crippen MR) is 137 cm³/mol. The molecule has 0 unspecified atom stereocenters. The number of hydrogen-bond donors (Lipinski definition) is 1. The SMILES string of the molecule is Cc1cccn2c(=O)c3cc(S(=O)(=O)c4ccc(Cl)cc4)c(N)[n+](CCCN4CCOCC4)c3nc12. The van der Waals surface area contributed by atoms with Crippen molar-refractivity contribution < 1.29 is 17.7 Å². The highest BCUT2D eigenvalue weighted by Crippen LogP contribution is 2.27. The first kappa shape index (κ1) is 24.6. The Bertz CT molecular complexity index is 1610. The summed E-state index contributed by atoms with van der Waals surface area (Å²) in [5, 5.41) is 0.606. The van der Waals surface area contributed by atoms with Crippen LogP contribution in [0.15, 0.2) is 63.2 Å². The molecule has 188 valence electrons. The Kier molecular flexibility index (Phi) is 6.69. The Morgan fingerprint density at radius 2 is 1.89 bits per heavy atom. The molecule has 0 bridgehead atoms. The summed E-state index contributed by atoms with van der Waals surface area (Å²) in [5.41, 5.74) is 7.87. The van der Waals surface area contributed by atoms with Crippen molar-refractivity contribution in [1.82, 2.24) is 14.3 Å². The van der Waals surface area contributed by atoms with Gasteiger partial charge in [-0.05, 0) is 49.7 Å². The second-order valence-corrected chi connectivity index (χ2v) is 11.2. The zero-order valence-electron chi connectivity index (χ0n) is 19.9. The molecule has 11 heteroatoms. The van der Waals surface area contributed by atoms with Crippen LogP contribution >= 0.6 is 11.6 Å².